The summed E-state index contributed by atoms with van der Waals surface area (Å²) in [4.78, 5) is 38.0. The van der Waals surface area contributed by atoms with Gasteiger partial charge in [-0.25, -0.2) is 0 Å². The minimum Gasteiger partial charge on any atom is -0.756 e. The first-order valence-electron chi connectivity index (χ1n) is 33.0. The number of unbranched alkanes of at least 4 members (excludes halogenated alkanes) is 37. The average Bonchev–Trinajstić information content (AvgIpc) is 3.40. The Morgan fingerprint density at radius 2 is 0.731 bits per heavy atom. The fourth-order valence-electron chi connectivity index (χ4n) is 9.51. The van der Waals surface area contributed by atoms with Crippen LogP contribution in [-0.2, 0) is 32.7 Å². The Hall–Kier alpha value is -2.29. The maximum absolute atomic E-state index is 12.8. The fourth-order valence-corrected chi connectivity index (χ4v) is 10.2. The third kappa shape index (κ3) is 62.9. The molecule has 9 nitrogen and oxygen atoms in total. The first-order chi connectivity index (χ1) is 38.0. The van der Waals surface area contributed by atoms with Crippen LogP contribution in [0.25, 0.3) is 0 Å². The molecule has 0 fully saturated rings. The maximum Gasteiger partial charge on any atom is 0.306 e. The van der Waals surface area contributed by atoms with Gasteiger partial charge in [-0.1, -0.05) is 299 Å². The van der Waals surface area contributed by atoms with Crippen molar-refractivity contribution >= 4 is 19.8 Å². The summed E-state index contributed by atoms with van der Waals surface area (Å²) in [7, 11) is 1.18. The third-order valence-electron chi connectivity index (χ3n) is 14.6. The van der Waals surface area contributed by atoms with E-state index in [0.717, 1.165) is 70.6 Å². The Labute approximate surface area is 483 Å². The highest BCUT2D eigenvalue weighted by Gasteiger charge is 2.22. The van der Waals surface area contributed by atoms with Gasteiger partial charge in [-0.3, -0.25) is 14.2 Å². The number of carbonyl (C=O) groups is 2. The lowest BCUT2D eigenvalue weighted by Crippen LogP contribution is -2.37. The summed E-state index contributed by atoms with van der Waals surface area (Å²) < 4.78 is 34.3. The monoisotopic (exact) mass is 1120 g/mol. The first-order valence-corrected chi connectivity index (χ1v) is 34.5. The zero-order valence-electron chi connectivity index (χ0n) is 51.9. The molecule has 0 aliphatic heterocycles. The largest absolute Gasteiger partial charge is 0.756 e. The molecule has 2 atom stereocenters. The lowest BCUT2D eigenvalue weighted by atomic mass is 10.0. The molecule has 0 rings (SSSR count). The summed E-state index contributed by atoms with van der Waals surface area (Å²) in [5.74, 6) is -0.818. The van der Waals surface area contributed by atoms with E-state index in [9.17, 15) is 19.0 Å². The number of likely N-dealkylation sites (N-methyl/N-ethyl adjacent to an activating group) is 1. The van der Waals surface area contributed by atoms with E-state index in [-0.39, 0.29) is 32.0 Å². The molecule has 0 amide bonds. The number of phosphoric ester groups is 1. The molecule has 0 bridgehead atoms. The quantitative estimate of drug-likeness (QED) is 0.0195. The molecular weight excluding hydrogens is 990 g/mol. The number of rotatable bonds is 61. The third-order valence-corrected chi connectivity index (χ3v) is 15.5. The molecule has 456 valence electrons. The Balaban J connectivity index is 4.05. The van der Waals surface area contributed by atoms with Gasteiger partial charge in [0.15, 0.2) is 6.10 Å². The van der Waals surface area contributed by atoms with E-state index in [1.807, 2.05) is 21.1 Å². The molecule has 0 aromatic heterocycles. The van der Waals surface area contributed by atoms with Gasteiger partial charge in [-0.05, 0) is 57.8 Å². The van der Waals surface area contributed by atoms with Gasteiger partial charge in [0.1, 0.15) is 19.8 Å². The lowest BCUT2D eigenvalue weighted by molar-refractivity contribution is -0.870. The SMILES string of the molecule is CC/C=C\C/C=C\C/C=C\C/C=C\C/C=C\CCCCCCCCCCCCCCCCCC(=O)OC(COC(=O)CCCCCCCCCCCCCCCCCCCCCCCCC)COP(=O)([O-])OCC[N+](C)(C)C. The molecule has 0 heterocycles. The topological polar surface area (TPSA) is 111 Å². The van der Waals surface area contributed by atoms with Gasteiger partial charge in [-0.15, -0.1) is 0 Å². The van der Waals surface area contributed by atoms with Crippen molar-refractivity contribution in [2.75, 3.05) is 47.5 Å². The molecule has 78 heavy (non-hydrogen) atoms. The Bertz CT molecular complexity index is 1500. The average molecular weight is 1120 g/mol. The van der Waals surface area contributed by atoms with Crippen LogP contribution in [0, 0.1) is 0 Å². The minimum atomic E-state index is -4.64. The fraction of sp³-hybridized carbons (Fsp3) is 0.824. The second-order valence-electron chi connectivity index (χ2n) is 23.5. The van der Waals surface area contributed by atoms with Crippen LogP contribution in [0.4, 0.5) is 0 Å². The number of esters is 2. The number of allylic oxidation sites excluding steroid dienone is 10. The highest BCUT2D eigenvalue weighted by molar-refractivity contribution is 7.45. The van der Waals surface area contributed by atoms with Crippen molar-refractivity contribution in [3.8, 4) is 0 Å². The van der Waals surface area contributed by atoms with Gasteiger partial charge >= 0.3 is 11.9 Å². The lowest BCUT2D eigenvalue weighted by Gasteiger charge is -2.28. The molecule has 0 saturated heterocycles. The molecule has 0 radical (unpaired) electrons. The number of hydrogen-bond donors (Lipinski definition) is 0. The van der Waals surface area contributed by atoms with Crippen LogP contribution in [0.15, 0.2) is 60.8 Å². The highest BCUT2D eigenvalue weighted by atomic mass is 31.2. The number of nitrogens with zero attached hydrogens (tertiary/aromatic N) is 1. The van der Waals surface area contributed by atoms with Gasteiger partial charge < -0.3 is 27.9 Å². The molecular formula is C68H126NO8P. The number of ether oxygens (including phenoxy) is 2. The van der Waals surface area contributed by atoms with Crippen molar-refractivity contribution < 1.29 is 42.1 Å². The zero-order chi connectivity index (χ0) is 57.0. The molecule has 0 aromatic carbocycles. The van der Waals surface area contributed by atoms with Crippen LogP contribution in [0.3, 0.4) is 0 Å². The normalized spacial score (nSPS) is 13.6. The smallest absolute Gasteiger partial charge is 0.306 e. The van der Waals surface area contributed by atoms with Crippen LogP contribution in [0.1, 0.15) is 309 Å². The summed E-state index contributed by atoms with van der Waals surface area (Å²) in [5, 5.41) is 0. The van der Waals surface area contributed by atoms with Crippen molar-refractivity contribution in [3.05, 3.63) is 60.8 Å². The summed E-state index contributed by atoms with van der Waals surface area (Å²) in [6.07, 6.45) is 77.1. The Morgan fingerprint density at radius 3 is 1.09 bits per heavy atom. The van der Waals surface area contributed by atoms with Crippen molar-refractivity contribution in [3.63, 3.8) is 0 Å². The Kier molecular flexibility index (Phi) is 57.6. The van der Waals surface area contributed by atoms with Gasteiger partial charge in [0.05, 0.1) is 27.7 Å². The number of phosphoric acid groups is 1. The van der Waals surface area contributed by atoms with Gasteiger partial charge in [-0.2, -0.15) is 0 Å². The van der Waals surface area contributed by atoms with E-state index in [1.54, 1.807) is 0 Å². The van der Waals surface area contributed by atoms with Crippen molar-refractivity contribution in [2.45, 2.75) is 315 Å². The zero-order valence-corrected chi connectivity index (χ0v) is 52.8. The van der Waals surface area contributed by atoms with Crippen LogP contribution in [-0.4, -0.2) is 70.0 Å². The van der Waals surface area contributed by atoms with Crippen LogP contribution in [0.5, 0.6) is 0 Å². The van der Waals surface area contributed by atoms with Crippen LogP contribution in [0.2, 0.25) is 0 Å². The standard InChI is InChI=1S/C68H126NO8P/c1-6-8-10-12-14-16-18-20-22-24-26-28-30-31-32-33-34-35-36-37-39-41-43-45-47-49-51-53-55-57-59-61-68(71)77-66(65-76-78(72,73)75-63-62-69(3,4)5)64-74-67(70)60-58-56-54-52-50-48-46-44-42-40-38-29-27-25-23-21-19-17-15-13-11-9-7-2/h8,10,14,16,20,22,26,28,31-32,66H,6-7,9,11-13,15,17-19,21,23-25,27,29-30,33-65H2,1-5H3/b10-8-,16-14-,22-20-,28-26-,32-31-. The molecule has 0 saturated carbocycles. The highest BCUT2D eigenvalue weighted by Crippen LogP contribution is 2.38. The number of carbonyl (C=O) groups excluding carboxylic acids is 2. The Morgan fingerprint density at radius 1 is 0.410 bits per heavy atom. The molecule has 0 aliphatic carbocycles. The van der Waals surface area contributed by atoms with Crippen molar-refractivity contribution in [1.82, 2.24) is 0 Å². The second-order valence-corrected chi connectivity index (χ2v) is 24.9. The summed E-state index contributed by atoms with van der Waals surface area (Å²) in [5.41, 5.74) is 0. The van der Waals surface area contributed by atoms with Crippen molar-refractivity contribution in [2.24, 2.45) is 0 Å². The molecule has 0 aromatic rings. The van der Waals surface area contributed by atoms with Crippen molar-refractivity contribution in [1.29, 1.82) is 0 Å². The van der Waals surface area contributed by atoms with E-state index in [1.165, 1.54) is 205 Å². The second kappa shape index (κ2) is 59.3. The number of quaternary nitrogens is 1. The number of hydrogen-bond acceptors (Lipinski definition) is 8. The molecule has 0 aliphatic rings. The summed E-state index contributed by atoms with van der Waals surface area (Å²) in [6, 6.07) is 0. The molecule has 0 N–H and O–H groups in total. The maximum atomic E-state index is 12.8. The van der Waals surface area contributed by atoms with E-state index >= 15 is 0 Å². The van der Waals surface area contributed by atoms with Gasteiger partial charge in [0.25, 0.3) is 7.82 Å². The van der Waals surface area contributed by atoms with E-state index in [0.29, 0.717) is 17.4 Å². The summed E-state index contributed by atoms with van der Waals surface area (Å²) in [6.45, 7) is 4.18. The van der Waals surface area contributed by atoms with E-state index in [2.05, 4.69) is 74.6 Å². The van der Waals surface area contributed by atoms with E-state index in [4.69, 9.17) is 18.5 Å². The summed E-state index contributed by atoms with van der Waals surface area (Å²) >= 11 is 0. The van der Waals surface area contributed by atoms with Crippen LogP contribution < -0.4 is 4.89 Å². The van der Waals surface area contributed by atoms with E-state index < -0.39 is 26.5 Å². The van der Waals surface area contributed by atoms with Crippen LogP contribution >= 0.6 is 7.82 Å². The van der Waals surface area contributed by atoms with Gasteiger partial charge in [0, 0.05) is 12.8 Å². The molecule has 2 unspecified atom stereocenters. The predicted molar refractivity (Wildman–Crippen MR) is 333 cm³/mol. The minimum absolute atomic E-state index is 0.0298. The molecule has 10 heteroatoms. The van der Waals surface area contributed by atoms with Gasteiger partial charge in [0.2, 0.25) is 0 Å². The molecule has 0 spiro atoms. The first kappa shape index (κ1) is 75.7. The predicted octanol–water partition coefficient (Wildman–Crippen LogP) is 20.4.